The molecule has 0 aromatic heterocycles. The lowest BCUT2D eigenvalue weighted by molar-refractivity contribution is 0.0554. The lowest BCUT2D eigenvalue weighted by Gasteiger charge is -2.22. The van der Waals surface area contributed by atoms with Crippen LogP contribution in [-0.4, -0.2) is 42.3 Å². The van der Waals surface area contributed by atoms with E-state index in [9.17, 15) is 5.11 Å². The topological polar surface area (TPSA) is 49.5 Å². The van der Waals surface area contributed by atoms with Gasteiger partial charge in [0.15, 0.2) is 0 Å². The number of hydrogen-bond donors (Lipinski definition) is 2. The van der Waals surface area contributed by atoms with E-state index >= 15 is 0 Å². The lowest BCUT2D eigenvalue weighted by atomic mass is 10.0. The third kappa shape index (κ3) is 5.52. The highest BCUT2D eigenvalue weighted by molar-refractivity contribution is 4.73. The van der Waals surface area contributed by atoms with Crippen LogP contribution in [0.5, 0.6) is 0 Å². The first-order valence-corrected chi connectivity index (χ1v) is 4.63. The van der Waals surface area contributed by atoms with E-state index in [2.05, 4.69) is 18.9 Å². The van der Waals surface area contributed by atoms with Crippen molar-refractivity contribution in [3.05, 3.63) is 0 Å². The molecule has 0 aromatic carbocycles. The molecule has 0 aliphatic heterocycles. The Morgan fingerprint density at radius 3 is 2.50 bits per heavy atom. The van der Waals surface area contributed by atoms with Crippen LogP contribution in [0.25, 0.3) is 0 Å². The molecule has 0 heterocycles. The van der Waals surface area contributed by atoms with Gasteiger partial charge in [-0.25, -0.2) is 0 Å². The summed E-state index contributed by atoms with van der Waals surface area (Å²) in [5.41, 5.74) is 4.72. The zero-order valence-electron chi connectivity index (χ0n) is 8.51. The van der Waals surface area contributed by atoms with Gasteiger partial charge in [-0.1, -0.05) is 6.92 Å². The van der Waals surface area contributed by atoms with Crippen molar-refractivity contribution in [2.75, 3.05) is 26.7 Å². The largest absolute Gasteiger partial charge is 0.389 e. The highest BCUT2D eigenvalue weighted by atomic mass is 16.3. The SMILES string of the molecule is CCN(C)CCCC(C)(O)CN. The number of rotatable bonds is 6. The molecule has 0 saturated heterocycles. The van der Waals surface area contributed by atoms with Gasteiger partial charge in [-0.05, 0) is 39.9 Å². The molecule has 0 spiro atoms. The maximum Gasteiger partial charge on any atom is 0.0741 e. The molecule has 0 bridgehead atoms. The van der Waals surface area contributed by atoms with E-state index in [-0.39, 0.29) is 0 Å². The fourth-order valence-corrected chi connectivity index (χ4v) is 0.990. The van der Waals surface area contributed by atoms with Crippen molar-refractivity contribution in [3.63, 3.8) is 0 Å². The summed E-state index contributed by atoms with van der Waals surface area (Å²) >= 11 is 0. The van der Waals surface area contributed by atoms with E-state index in [4.69, 9.17) is 5.73 Å². The summed E-state index contributed by atoms with van der Waals surface area (Å²) in [6.45, 7) is 6.36. The summed E-state index contributed by atoms with van der Waals surface area (Å²) in [5.74, 6) is 0. The molecule has 3 nitrogen and oxygen atoms in total. The molecule has 0 amide bonds. The molecule has 1 atom stereocenters. The first kappa shape index (κ1) is 11.9. The van der Waals surface area contributed by atoms with Gasteiger partial charge in [0.25, 0.3) is 0 Å². The van der Waals surface area contributed by atoms with E-state index in [0.717, 1.165) is 25.9 Å². The normalized spacial score (nSPS) is 16.5. The Balaban J connectivity index is 3.42. The van der Waals surface area contributed by atoms with Gasteiger partial charge in [0, 0.05) is 6.54 Å². The number of nitrogens with two attached hydrogens (primary N) is 1. The van der Waals surface area contributed by atoms with Crippen molar-refractivity contribution >= 4 is 0 Å². The second kappa shape index (κ2) is 5.51. The van der Waals surface area contributed by atoms with Gasteiger partial charge in [-0.3, -0.25) is 0 Å². The van der Waals surface area contributed by atoms with Crippen LogP contribution in [0, 0.1) is 0 Å². The Morgan fingerprint density at radius 2 is 2.08 bits per heavy atom. The van der Waals surface area contributed by atoms with Gasteiger partial charge in [0.1, 0.15) is 0 Å². The van der Waals surface area contributed by atoms with Crippen molar-refractivity contribution in [1.82, 2.24) is 4.90 Å². The molecule has 0 saturated carbocycles. The Kier molecular flexibility index (Phi) is 5.46. The summed E-state index contributed by atoms with van der Waals surface area (Å²) in [5, 5.41) is 9.57. The molecule has 74 valence electrons. The molecular weight excluding hydrogens is 152 g/mol. The fraction of sp³-hybridized carbons (Fsp3) is 1.00. The summed E-state index contributed by atoms with van der Waals surface area (Å²) in [6, 6.07) is 0. The molecule has 3 heteroatoms. The quantitative estimate of drug-likeness (QED) is 0.614. The zero-order valence-corrected chi connectivity index (χ0v) is 8.51. The van der Waals surface area contributed by atoms with Crippen LogP contribution < -0.4 is 5.73 Å². The van der Waals surface area contributed by atoms with E-state index < -0.39 is 5.60 Å². The lowest BCUT2D eigenvalue weighted by Crippen LogP contribution is -2.35. The molecule has 3 N–H and O–H groups in total. The van der Waals surface area contributed by atoms with Crippen molar-refractivity contribution < 1.29 is 5.11 Å². The summed E-state index contributed by atoms with van der Waals surface area (Å²) < 4.78 is 0. The number of aliphatic hydroxyl groups is 1. The monoisotopic (exact) mass is 174 g/mol. The zero-order chi connectivity index (χ0) is 9.61. The number of hydrogen-bond acceptors (Lipinski definition) is 3. The second-order valence-corrected chi connectivity index (χ2v) is 3.70. The van der Waals surface area contributed by atoms with Crippen LogP contribution >= 0.6 is 0 Å². The fourth-order valence-electron chi connectivity index (χ4n) is 0.990. The smallest absolute Gasteiger partial charge is 0.0741 e. The van der Waals surface area contributed by atoms with Crippen molar-refractivity contribution in [2.24, 2.45) is 5.73 Å². The van der Waals surface area contributed by atoms with Crippen molar-refractivity contribution in [1.29, 1.82) is 0 Å². The first-order chi connectivity index (χ1) is 5.52. The number of nitrogens with zero attached hydrogens (tertiary/aromatic N) is 1. The van der Waals surface area contributed by atoms with Gasteiger partial charge in [-0.2, -0.15) is 0 Å². The molecule has 0 aliphatic rings. The third-order valence-electron chi connectivity index (χ3n) is 2.23. The van der Waals surface area contributed by atoms with Gasteiger partial charge in [-0.15, -0.1) is 0 Å². The molecule has 12 heavy (non-hydrogen) atoms. The molecule has 1 unspecified atom stereocenters. The molecular formula is C9H22N2O. The Bertz CT molecular complexity index is 115. The molecule has 0 rings (SSSR count). The predicted octanol–water partition coefficient (Wildman–Crippen LogP) is 0.428. The van der Waals surface area contributed by atoms with Crippen LogP contribution in [0.15, 0.2) is 0 Å². The first-order valence-electron chi connectivity index (χ1n) is 4.63. The minimum atomic E-state index is -0.672. The minimum Gasteiger partial charge on any atom is -0.389 e. The molecule has 0 aromatic rings. The Labute approximate surface area is 75.6 Å². The maximum atomic E-state index is 9.57. The summed E-state index contributed by atoms with van der Waals surface area (Å²) in [7, 11) is 2.08. The average molecular weight is 174 g/mol. The van der Waals surface area contributed by atoms with E-state index in [1.54, 1.807) is 6.92 Å². The summed E-state index contributed by atoms with van der Waals surface area (Å²) in [6.07, 6.45) is 1.79. The Morgan fingerprint density at radius 1 is 1.50 bits per heavy atom. The van der Waals surface area contributed by atoms with Crippen LogP contribution in [-0.2, 0) is 0 Å². The van der Waals surface area contributed by atoms with Crippen molar-refractivity contribution in [3.8, 4) is 0 Å². The van der Waals surface area contributed by atoms with Crippen LogP contribution in [0.3, 0.4) is 0 Å². The average Bonchev–Trinajstić information content (AvgIpc) is 2.04. The van der Waals surface area contributed by atoms with Gasteiger partial charge in [0.2, 0.25) is 0 Å². The molecule has 0 radical (unpaired) electrons. The highest BCUT2D eigenvalue weighted by Crippen LogP contribution is 2.09. The van der Waals surface area contributed by atoms with Gasteiger partial charge in [0.05, 0.1) is 5.60 Å². The summed E-state index contributed by atoms with van der Waals surface area (Å²) in [4.78, 5) is 2.23. The molecule has 0 fully saturated rings. The molecule has 0 aliphatic carbocycles. The van der Waals surface area contributed by atoms with Crippen LogP contribution in [0.1, 0.15) is 26.7 Å². The van der Waals surface area contributed by atoms with E-state index in [0.29, 0.717) is 6.54 Å². The van der Waals surface area contributed by atoms with Crippen LogP contribution in [0.2, 0.25) is 0 Å². The highest BCUT2D eigenvalue weighted by Gasteiger charge is 2.16. The van der Waals surface area contributed by atoms with E-state index in [1.165, 1.54) is 0 Å². The van der Waals surface area contributed by atoms with Gasteiger partial charge >= 0.3 is 0 Å². The maximum absolute atomic E-state index is 9.57. The minimum absolute atomic E-state index is 0.350. The Hall–Kier alpha value is -0.120. The predicted molar refractivity (Wildman–Crippen MR) is 52.1 cm³/mol. The van der Waals surface area contributed by atoms with Gasteiger partial charge < -0.3 is 15.7 Å². The standard InChI is InChI=1S/C9H22N2O/c1-4-11(3)7-5-6-9(2,12)8-10/h12H,4-8,10H2,1-3H3. The van der Waals surface area contributed by atoms with Crippen LogP contribution in [0.4, 0.5) is 0 Å². The van der Waals surface area contributed by atoms with E-state index in [1.807, 2.05) is 0 Å². The third-order valence-corrected chi connectivity index (χ3v) is 2.23. The second-order valence-electron chi connectivity index (χ2n) is 3.70. The van der Waals surface area contributed by atoms with Crippen molar-refractivity contribution in [2.45, 2.75) is 32.3 Å².